The van der Waals surface area contributed by atoms with Crippen molar-refractivity contribution in [1.82, 2.24) is 5.32 Å². The number of hydrogen-bond donors (Lipinski definition) is 2. The number of hydrogen-bond acceptors (Lipinski definition) is 1. The Labute approximate surface area is 117 Å². The van der Waals surface area contributed by atoms with E-state index in [0.717, 1.165) is 12.0 Å². The number of nitrogens with two attached hydrogens (primary N) is 1. The lowest BCUT2D eigenvalue weighted by Gasteiger charge is -2.07. The van der Waals surface area contributed by atoms with Gasteiger partial charge in [-0.1, -0.05) is 29.8 Å². The molecular formula is C14H17ClFN3. The largest absolute Gasteiger partial charge is 0.370 e. The van der Waals surface area contributed by atoms with Gasteiger partial charge < -0.3 is 11.1 Å². The minimum Gasteiger partial charge on any atom is -0.370 e. The third-order valence-electron chi connectivity index (χ3n) is 3.01. The average molecular weight is 282 g/mol. The van der Waals surface area contributed by atoms with Gasteiger partial charge in [0.1, 0.15) is 5.82 Å². The van der Waals surface area contributed by atoms with Crippen molar-refractivity contribution in [3.8, 4) is 0 Å². The molecule has 19 heavy (non-hydrogen) atoms. The molecule has 2 unspecified atom stereocenters. The van der Waals surface area contributed by atoms with Gasteiger partial charge in [-0.3, -0.25) is 0 Å². The van der Waals surface area contributed by atoms with Gasteiger partial charge in [0, 0.05) is 22.5 Å². The van der Waals surface area contributed by atoms with Gasteiger partial charge in [-0.05, 0) is 25.5 Å². The Balaban J connectivity index is 1.98. The van der Waals surface area contributed by atoms with Crippen LogP contribution in [0.2, 0.25) is 5.02 Å². The summed E-state index contributed by atoms with van der Waals surface area (Å²) in [5, 5.41) is 3.54. The molecule has 3 nitrogen and oxygen atoms in total. The van der Waals surface area contributed by atoms with Crippen LogP contribution in [-0.2, 0) is 0 Å². The Kier molecular flexibility index (Phi) is 4.10. The van der Waals surface area contributed by atoms with Crippen LogP contribution in [-0.4, -0.2) is 18.5 Å². The normalized spacial score (nSPS) is 22.2. The quantitative estimate of drug-likeness (QED) is 0.506. The summed E-state index contributed by atoms with van der Waals surface area (Å²) in [6.07, 6.45) is 0.809. The molecule has 102 valence electrons. The molecule has 3 N–H and O–H groups in total. The van der Waals surface area contributed by atoms with Gasteiger partial charge in [0.2, 0.25) is 0 Å². The first-order valence-electron chi connectivity index (χ1n) is 6.13. The fourth-order valence-corrected chi connectivity index (χ4v) is 2.30. The van der Waals surface area contributed by atoms with Crippen LogP contribution >= 0.6 is 11.6 Å². The summed E-state index contributed by atoms with van der Waals surface area (Å²) in [6.45, 7) is 6.13. The van der Waals surface area contributed by atoms with E-state index in [9.17, 15) is 4.39 Å². The molecule has 5 heteroatoms. The highest BCUT2D eigenvalue weighted by atomic mass is 35.5. The molecule has 0 saturated heterocycles. The summed E-state index contributed by atoms with van der Waals surface area (Å²) in [6, 6.07) is 4.83. The van der Waals surface area contributed by atoms with Crippen LogP contribution in [0.3, 0.4) is 0 Å². The van der Waals surface area contributed by atoms with Crippen LogP contribution in [0.25, 0.3) is 0 Å². The second-order valence-electron chi connectivity index (χ2n) is 4.89. The van der Waals surface area contributed by atoms with Crippen molar-refractivity contribution >= 4 is 17.6 Å². The molecule has 0 amide bonds. The lowest BCUT2D eigenvalue weighted by Crippen LogP contribution is -2.34. The van der Waals surface area contributed by atoms with Crippen LogP contribution < -0.4 is 11.1 Å². The highest BCUT2D eigenvalue weighted by molar-refractivity contribution is 6.31. The molecule has 2 atom stereocenters. The van der Waals surface area contributed by atoms with Crippen molar-refractivity contribution in [3.63, 3.8) is 0 Å². The van der Waals surface area contributed by atoms with Crippen LogP contribution in [0.1, 0.15) is 24.8 Å². The van der Waals surface area contributed by atoms with Gasteiger partial charge in [-0.2, -0.15) is 0 Å². The van der Waals surface area contributed by atoms with Crippen molar-refractivity contribution in [3.05, 3.63) is 46.8 Å². The van der Waals surface area contributed by atoms with Gasteiger partial charge in [0.05, 0.1) is 6.54 Å². The van der Waals surface area contributed by atoms with Gasteiger partial charge in [0.25, 0.3) is 0 Å². The van der Waals surface area contributed by atoms with Gasteiger partial charge in [-0.25, -0.2) is 9.38 Å². The topological polar surface area (TPSA) is 50.4 Å². The van der Waals surface area contributed by atoms with Crippen LogP contribution in [0, 0.1) is 5.82 Å². The fourth-order valence-electron chi connectivity index (χ4n) is 1.99. The minimum absolute atomic E-state index is 0.0623. The molecule has 0 aliphatic heterocycles. The highest BCUT2D eigenvalue weighted by Crippen LogP contribution is 2.44. The Bertz CT molecular complexity index is 507. The third kappa shape index (κ3) is 3.47. The first kappa shape index (κ1) is 13.9. The lowest BCUT2D eigenvalue weighted by atomic mass is 10.1. The number of rotatable bonds is 4. The number of nitrogens with one attached hydrogen (secondary N) is 1. The summed E-state index contributed by atoms with van der Waals surface area (Å²) >= 11 is 6.03. The predicted molar refractivity (Wildman–Crippen MR) is 77.0 cm³/mol. The van der Waals surface area contributed by atoms with Gasteiger partial charge in [0.15, 0.2) is 5.96 Å². The van der Waals surface area contributed by atoms with E-state index in [1.807, 2.05) is 6.92 Å². The Morgan fingerprint density at radius 2 is 2.37 bits per heavy atom. The summed E-state index contributed by atoms with van der Waals surface area (Å²) in [4.78, 5) is 4.13. The molecule has 1 aromatic carbocycles. The Morgan fingerprint density at radius 3 is 3.00 bits per heavy atom. The molecule has 0 bridgehead atoms. The van der Waals surface area contributed by atoms with E-state index >= 15 is 0 Å². The van der Waals surface area contributed by atoms with Gasteiger partial charge >= 0.3 is 0 Å². The first-order valence-corrected chi connectivity index (χ1v) is 6.51. The number of halogens is 2. The molecule has 1 aromatic rings. The fraction of sp³-hybridized carbons (Fsp3) is 0.357. The molecule has 1 aliphatic rings. The highest BCUT2D eigenvalue weighted by Gasteiger charge is 2.41. The second-order valence-corrected chi connectivity index (χ2v) is 5.29. The standard InChI is InChI=1S/C14H17ClFN3/c1-8(2)7-18-14(17)19-12-6-9(12)13-10(15)4-3-5-11(13)16/h3-5,9,12H,1,6-7H2,2H3,(H3,17,18,19). The predicted octanol–water partition coefficient (Wildman–Crippen LogP) is 2.82. The molecule has 0 aromatic heterocycles. The van der Waals surface area contributed by atoms with Crippen molar-refractivity contribution in [2.24, 2.45) is 10.7 Å². The van der Waals surface area contributed by atoms with E-state index in [0.29, 0.717) is 23.1 Å². The Morgan fingerprint density at radius 1 is 1.63 bits per heavy atom. The third-order valence-corrected chi connectivity index (χ3v) is 3.34. The van der Waals surface area contributed by atoms with Crippen LogP contribution in [0.5, 0.6) is 0 Å². The first-order chi connectivity index (χ1) is 8.99. The van der Waals surface area contributed by atoms with Crippen LogP contribution in [0.15, 0.2) is 35.3 Å². The zero-order valence-corrected chi connectivity index (χ0v) is 11.5. The summed E-state index contributed by atoms with van der Waals surface area (Å²) in [5.74, 6) is 0.162. The summed E-state index contributed by atoms with van der Waals surface area (Å²) in [7, 11) is 0. The van der Waals surface area contributed by atoms with E-state index in [1.165, 1.54) is 6.07 Å². The Hall–Kier alpha value is -1.55. The smallest absolute Gasteiger partial charge is 0.189 e. The molecule has 1 saturated carbocycles. The molecule has 0 spiro atoms. The zero-order chi connectivity index (χ0) is 14.0. The van der Waals surface area contributed by atoms with E-state index in [-0.39, 0.29) is 17.8 Å². The molecule has 0 radical (unpaired) electrons. The second kappa shape index (κ2) is 5.61. The maximum Gasteiger partial charge on any atom is 0.189 e. The number of benzene rings is 1. The van der Waals surface area contributed by atoms with Crippen molar-refractivity contribution in [2.45, 2.75) is 25.3 Å². The summed E-state index contributed by atoms with van der Waals surface area (Å²) < 4.78 is 13.7. The van der Waals surface area contributed by atoms with E-state index in [2.05, 4.69) is 16.9 Å². The average Bonchev–Trinajstić information content (AvgIpc) is 3.05. The number of guanidine groups is 1. The molecule has 1 fully saturated rings. The lowest BCUT2D eigenvalue weighted by molar-refractivity contribution is 0.608. The molecular weight excluding hydrogens is 265 g/mol. The van der Waals surface area contributed by atoms with Gasteiger partial charge in [-0.15, -0.1) is 0 Å². The zero-order valence-electron chi connectivity index (χ0n) is 10.8. The molecule has 0 heterocycles. The van der Waals surface area contributed by atoms with E-state index in [1.54, 1.807) is 12.1 Å². The summed E-state index contributed by atoms with van der Waals surface area (Å²) in [5.41, 5.74) is 7.25. The van der Waals surface area contributed by atoms with Crippen molar-refractivity contribution < 1.29 is 4.39 Å². The van der Waals surface area contributed by atoms with E-state index < -0.39 is 0 Å². The maximum atomic E-state index is 13.7. The van der Waals surface area contributed by atoms with E-state index in [4.69, 9.17) is 17.3 Å². The minimum atomic E-state index is -0.265. The molecule has 2 rings (SSSR count). The SMILES string of the molecule is C=C(C)CN=C(N)NC1CC1c1c(F)cccc1Cl. The number of nitrogens with zero attached hydrogens (tertiary/aromatic N) is 1. The maximum absolute atomic E-state index is 13.7. The van der Waals surface area contributed by atoms with Crippen molar-refractivity contribution in [2.75, 3.05) is 6.54 Å². The monoisotopic (exact) mass is 281 g/mol. The number of aliphatic imine (C=N–C) groups is 1. The molecule has 1 aliphatic carbocycles. The van der Waals surface area contributed by atoms with Crippen LogP contribution in [0.4, 0.5) is 4.39 Å². The van der Waals surface area contributed by atoms with Crippen molar-refractivity contribution in [1.29, 1.82) is 0 Å².